The molecule has 0 bridgehead atoms. The van der Waals surface area contributed by atoms with Crippen LogP contribution < -0.4 is 0 Å². The summed E-state index contributed by atoms with van der Waals surface area (Å²) >= 11 is 1.87. The Labute approximate surface area is 350 Å². The smallest absolute Gasteiger partial charge is 0.136 e. The van der Waals surface area contributed by atoms with Gasteiger partial charge in [-0.3, -0.25) is 0 Å². The lowest BCUT2D eigenvalue weighted by molar-refractivity contribution is 0.669. The van der Waals surface area contributed by atoms with E-state index < -0.39 is 0 Å². The molecule has 0 spiro atoms. The molecule has 0 N–H and O–H groups in total. The van der Waals surface area contributed by atoms with Crippen molar-refractivity contribution in [1.82, 2.24) is 0 Å². The van der Waals surface area contributed by atoms with Crippen LogP contribution in [0.4, 0.5) is 0 Å². The van der Waals surface area contributed by atoms with E-state index in [0.29, 0.717) is 0 Å². The van der Waals surface area contributed by atoms with Crippen LogP contribution in [0.2, 0.25) is 0 Å². The normalized spacial score (nSPS) is 12.0. The Morgan fingerprint density at radius 3 is 1.17 bits per heavy atom. The molecular formula is C58H34OS. The van der Waals surface area contributed by atoms with Gasteiger partial charge in [0.25, 0.3) is 0 Å². The fourth-order valence-corrected chi connectivity index (χ4v) is 11.4. The predicted octanol–water partition coefficient (Wildman–Crippen LogP) is 17.2. The number of hydrogen-bond acceptors (Lipinski definition) is 2. The minimum atomic E-state index is 0.886. The SMILES string of the molecule is c1ccc(-c2c3ccccc3c(-c3cccc4oc5cccc(-c6c7ccccc7c(-c7ccc8c(c7)sc7ccccc78)c7ccccc67)c5c34)c3ccccc23)cc1. The molecule has 278 valence electrons. The standard InChI is InChI=1S/C58H34OS/c1-2-16-35(17-3-1)53-39-19-4-8-23-43(39)55(44-24-9-5-20-40(44)53)47-27-14-29-49-57(47)58-48(28-15-30-50(58)59-49)56-45-25-10-6-21-41(45)54(42-22-7-11-26-46(42)56)36-32-33-38-37-18-12-13-31-51(37)60-52(38)34-36/h1-34H. The fourth-order valence-electron chi connectivity index (χ4n) is 10.2. The van der Waals surface area contributed by atoms with E-state index in [0.717, 1.165) is 21.9 Å². The van der Waals surface area contributed by atoms with Gasteiger partial charge in [0.1, 0.15) is 11.2 Å². The van der Waals surface area contributed by atoms with Gasteiger partial charge in [0.2, 0.25) is 0 Å². The summed E-state index contributed by atoms with van der Waals surface area (Å²) in [6.45, 7) is 0. The minimum Gasteiger partial charge on any atom is -0.456 e. The van der Waals surface area contributed by atoms with Crippen molar-refractivity contribution in [3.63, 3.8) is 0 Å². The van der Waals surface area contributed by atoms with Crippen molar-refractivity contribution < 1.29 is 4.42 Å². The summed E-state index contributed by atoms with van der Waals surface area (Å²) in [6, 6.07) is 75.6. The number of fused-ring (bicyclic) bond motifs is 10. The first-order valence-electron chi connectivity index (χ1n) is 20.6. The van der Waals surface area contributed by atoms with E-state index in [1.54, 1.807) is 0 Å². The topological polar surface area (TPSA) is 13.1 Å². The van der Waals surface area contributed by atoms with E-state index in [-0.39, 0.29) is 0 Å². The maximum Gasteiger partial charge on any atom is 0.136 e. The van der Waals surface area contributed by atoms with Crippen LogP contribution in [-0.2, 0) is 0 Å². The van der Waals surface area contributed by atoms with Gasteiger partial charge >= 0.3 is 0 Å². The molecule has 0 aliphatic carbocycles. The van der Waals surface area contributed by atoms with Crippen molar-refractivity contribution in [2.24, 2.45) is 0 Å². The van der Waals surface area contributed by atoms with Crippen LogP contribution >= 0.6 is 11.3 Å². The first kappa shape index (κ1) is 33.5. The van der Waals surface area contributed by atoms with E-state index in [9.17, 15) is 0 Å². The second-order valence-electron chi connectivity index (χ2n) is 15.8. The van der Waals surface area contributed by atoms with Gasteiger partial charge in [0.15, 0.2) is 0 Å². The molecule has 2 heterocycles. The number of benzene rings is 11. The van der Waals surface area contributed by atoms with Crippen LogP contribution in [0.25, 0.3) is 130 Å². The lowest BCUT2D eigenvalue weighted by atomic mass is 9.83. The molecule has 60 heavy (non-hydrogen) atoms. The molecular weight excluding hydrogens is 745 g/mol. The van der Waals surface area contributed by atoms with Crippen molar-refractivity contribution in [3.8, 4) is 44.5 Å². The van der Waals surface area contributed by atoms with E-state index in [1.165, 1.54) is 108 Å². The maximum absolute atomic E-state index is 6.88. The third-order valence-corrected chi connectivity index (χ3v) is 13.8. The first-order valence-corrected chi connectivity index (χ1v) is 21.4. The van der Waals surface area contributed by atoms with Gasteiger partial charge < -0.3 is 4.42 Å². The molecule has 0 aliphatic heterocycles. The lowest BCUT2D eigenvalue weighted by Gasteiger charge is -2.19. The molecule has 1 nitrogen and oxygen atoms in total. The van der Waals surface area contributed by atoms with E-state index in [2.05, 4.69) is 206 Å². The van der Waals surface area contributed by atoms with Gasteiger partial charge in [-0.25, -0.2) is 0 Å². The zero-order chi connectivity index (χ0) is 39.3. The molecule has 11 aromatic carbocycles. The van der Waals surface area contributed by atoms with E-state index in [4.69, 9.17) is 4.42 Å². The van der Waals surface area contributed by atoms with E-state index in [1.807, 2.05) is 11.3 Å². The van der Waals surface area contributed by atoms with Crippen LogP contribution in [-0.4, -0.2) is 0 Å². The van der Waals surface area contributed by atoms with Crippen molar-refractivity contribution in [3.05, 3.63) is 206 Å². The highest BCUT2D eigenvalue weighted by atomic mass is 32.1. The summed E-state index contributed by atoms with van der Waals surface area (Å²) in [5, 5.41) is 14.8. The van der Waals surface area contributed by atoms with Crippen LogP contribution in [0.3, 0.4) is 0 Å². The molecule has 0 saturated carbocycles. The molecule has 13 aromatic rings. The van der Waals surface area contributed by atoms with Crippen molar-refractivity contribution in [1.29, 1.82) is 0 Å². The van der Waals surface area contributed by atoms with Gasteiger partial charge in [-0.2, -0.15) is 0 Å². The summed E-state index contributed by atoms with van der Waals surface area (Å²) in [7, 11) is 0. The van der Waals surface area contributed by atoms with Crippen LogP contribution in [0.5, 0.6) is 0 Å². The van der Waals surface area contributed by atoms with Crippen molar-refractivity contribution >= 4 is 96.5 Å². The van der Waals surface area contributed by atoms with Crippen LogP contribution in [0, 0.1) is 0 Å². The average Bonchev–Trinajstić information content (AvgIpc) is 3.89. The molecule has 0 fully saturated rings. The summed E-state index contributed by atoms with van der Waals surface area (Å²) in [5.41, 5.74) is 11.6. The van der Waals surface area contributed by atoms with Crippen LogP contribution in [0.1, 0.15) is 0 Å². The Bertz CT molecular complexity index is 3770. The van der Waals surface area contributed by atoms with Gasteiger partial charge in [0.05, 0.1) is 0 Å². The monoisotopic (exact) mass is 778 g/mol. The first-order chi connectivity index (χ1) is 29.8. The highest BCUT2D eigenvalue weighted by Crippen LogP contribution is 2.51. The average molecular weight is 779 g/mol. The number of thiophene rings is 1. The van der Waals surface area contributed by atoms with Crippen LogP contribution in [0.15, 0.2) is 211 Å². The Morgan fingerprint density at radius 1 is 0.267 bits per heavy atom. The molecule has 2 heteroatoms. The Kier molecular flexibility index (Phi) is 7.24. The van der Waals surface area contributed by atoms with Gasteiger partial charge in [-0.15, -0.1) is 11.3 Å². The molecule has 0 atom stereocenters. The summed E-state index contributed by atoms with van der Waals surface area (Å²) in [5.74, 6) is 0. The van der Waals surface area contributed by atoms with Gasteiger partial charge in [-0.1, -0.05) is 182 Å². The zero-order valence-electron chi connectivity index (χ0n) is 32.4. The summed E-state index contributed by atoms with van der Waals surface area (Å²) < 4.78 is 9.51. The molecule has 0 saturated heterocycles. The predicted molar refractivity (Wildman–Crippen MR) is 258 cm³/mol. The minimum absolute atomic E-state index is 0.886. The number of rotatable bonds is 4. The third kappa shape index (κ3) is 4.80. The third-order valence-electron chi connectivity index (χ3n) is 12.7. The van der Waals surface area contributed by atoms with E-state index >= 15 is 0 Å². The van der Waals surface area contributed by atoms with Crippen molar-refractivity contribution in [2.45, 2.75) is 0 Å². The molecule has 0 unspecified atom stereocenters. The Hall–Kier alpha value is -7.52. The number of furan rings is 1. The summed E-state index contributed by atoms with van der Waals surface area (Å²) in [4.78, 5) is 0. The Morgan fingerprint density at radius 2 is 0.667 bits per heavy atom. The molecule has 0 radical (unpaired) electrons. The second-order valence-corrected chi connectivity index (χ2v) is 16.9. The highest BCUT2D eigenvalue weighted by molar-refractivity contribution is 7.25. The van der Waals surface area contributed by atoms with Gasteiger partial charge in [0, 0.05) is 30.9 Å². The highest BCUT2D eigenvalue weighted by Gasteiger charge is 2.24. The largest absolute Gasteiger partial charge is 0.456 e. The number of hydrogen-bond donors (Lipinski definition) is 0. The molecule has 0 amide bonds. The lowest BCUT2D eigenvalue weighted by Crippen LogP contribution is -1.92. The Balaban J connectivity index is 1.13. The molecule has 0 aliphatic rings. The van der Waals surface area contributed by atoms with Gasteiger partial charge in [-0.05, 0) is 112 Å². The molecule has 13 rings (SSSR count). The fraction of sp³-hybridized carbons (Fsp3) is 0. The second kappa shape index (κ2) is 13.0. The summed E-state index contributed by atoms with van der Waals surface area (Å²) in [6.07, 6.45) is 0. The van der Waals surface area contributed by atoms with Crippen molar-refractivity contribution in [2.75, 3.05) is 0 Å². The quantitative estimate of drug-likeness (QED) is 0.162. The zero-order valence-corrected chi connectivity index (χ0v) is 33.3. The maximum atomic E-state index is 6.88. The molecule has 2 aromatic heterocycles.